The van der Waals surface area contributed by atoms with Crippen molar-refractivity contribution in [3.63, 3.8) is 0 Å². The number of likely N-dealkylation sites (N-methyl/N-ethyl adjacent to an activating group) is 1. The highest BCUT2D eigenvalue weighted by molar-refractivity contribution is 5.76. The highest BCUT2D eigenvalue weighted by Gasteiger charge is 2.11. The van der Waals surface area contributed by atoms with Crippen LogP contribution in [0, 0.1) is 0 Å². The molecule has 0 fully saturated rings. The first-order chi connectivity index (χ1) is 8.61. The zero-order valence-corrected chi connectivity index (χ0v) is 12.5. The summed E-state index contributed by atoms with van der Waals surface area (Å²) in [5, 5.41) is 0. The molecule has 0 aromatic heterocycles. The number of carbonyl (C=O) groups is 1. The molecule has 4 heteroatoms. The van der Waals surface area contributed by atoms with Crippen molar-refractivity contribution in [2.75, 3.05) is 40.3 Å². The molecule has 0 rings (SSSR count). The second-order valence-electron chi connectivity index (χ2n) is 5.14. The Hall–Kier alpha value is -0.610. The van der Waals surface area contributed by atoms with Gasteiger partial charge in [-0.1, -0.05) is 19.8 Å². The smallest absolute Gasteiger partial charge is 0.222 e. The predicted molar refractivity (Wildman–Crippen MR) is 77.6 cm³/mol. The molecule has 0 unspecified atom stereocenters. The van der Waals surface area contributed by atoms with Gasteiger partial charge in [0.1, 0.15) is 0 Å². The number of unbranched alkanes of at least 4 members (excludes halogenated alkanes) is 3. The summed E-state index contributed by atoms with van der Waals surface area (Å²) in [5.74, 6) is 0.312. The quantitative estimate of drug-likeness (QED) is 0.573. The normalized spacial score (nSPS) is 10.9. The molecular formula is C14H31N3O. The van der Waals surface area contributed by atoms with Crippen LogP contribution in [0.15, 0.2) is 0 Å². The number of hydrogen-bond acceptors (Lipinski definition) is 3. The van der Waals surface area contributed by atoms with Gasteiger partial charge in [0, 0.05) is 26.1 Å². The molecule has 4 nitrogen and oxygen atoms in total. The first kappa shape index (κ1) is 17.4. The van der Waals surface area contributed by atoms with Gasteiger partial charge < -0.3 is 15.5 Å². The Kier molecular flexibility index (Phi) is 11.1. The number of carbonyl (C=O) groups excluding carboxylic acids is 1. The summed E-state index contributed by atoms with van der Waals surface area (Å²) < 4.78 is 0. The van der Waals surface area contributed by atoms with Gasteiger partial charge in [0.25, 0.3) is 0 Å². The van der Waals surface area contributed by atoms with Crippen LogP contribution in [0.25, 0.3) is 0 Å². The summed E-state index contributed by atoms with van der Waals surface area (Å²) in [6, 6.07) is 0. The van der Waals surface area contributed by atoms with Crippen LogP contribution in [-0.4, -0.2) is 56.0 Å². The van der Waals surface area contributed by atoms with E-state index >= 15 is 0 Å². The lowest BCUT2D eigenvalue weighted by Crippen LogP contribution is -2.37. The van der Waals surface area contributed by atoms with Crippen molar-refractivity contribution in [3.8, 4) is 0 Å². The van der Waals surface area contributed by atoms with E-state index in [2.05, 4.69) is 11.8 Å². The van der Waals surface area contributed by atoms with Crippen molar-refractivity contribution in [2.45, 2.75) is 45.4 Å². The van der Waals surface area contributed by atoms with Crippen LogP contribution in [0.2, 0.25) is 0 Å². The Balaban J connectivity index is 3.83. The van der Waals surface area contributed by atoms with Gasteiger partial charge in [-0.25, -0.2) is 0 Å². The van der Waals surface area contributed by atoms with Crippen LogP contribution in [0.5, 0.6) is 0 Å². The molecule has 108 valence electrons. The average Bonchev–Trinajstić information content (AvgIpc) is 2.33. The van der Waals surface area contributed by atoms with Gasteiger partial charge >= 0.3 is 0 Å². The van der Waals surface area contributed by atoms with Crippen molar-refractivity contribution in [3.05, 3.63) is 0 Å². The van der Waals surface area contributed by atoms with Gasteiger partial charge in [-0.2, -0.15) is 0 Å². The zero-order valence-electron chi connectivity index (χ0n) is 12.5. The molecule has 0 saturated carbocycles. The van der Waals surface area contributed by atoms with E-state index in [4.69, 9.17) is 5.73 Å². The Morgan fingerprint density at radius 3 is 2.22 bits per heavy atom. The van der Waals surface area contributed by atoms with Crippen molar-refractivity contribution in [1.82, 2.24) is 9.80 Å². The van der Waals surface area contributed by atoms with Crippen LogP contribution < -0.4 is 5.73 Å². The minimum atomic E-state index is 0.312. The second kappa shape index (κ2) is 11.5. The highest BCUT2D eigenvalue weighted by atomic mass is 16.2. The van der Waals surface area contributed by atoms with E-state index < -0.39 is 0 Å². The lowest BCUT2D eigenvalue weighted by molar-refractivity contribution is -0.131. The number of hydrogen-bond donors (Lipinski definition) is 1. The van der Waals surface area contributed by atoms with E-state index in [1.807, 2.05) is 19.0 Å². The van der Waals surface area contributed by atoms with Crippen LogP contribution >= 0.6 is 0 Å². The second-order valence-corrected chi connectivity index (χ2v) is 5.14. The average molecular weight is 257 g/mol. The SMILES string of the molecule is CCCN(CCN(C)C)C(=O)CCCCCCN. The maximum atomic E-state index is 12.1. The summed E-state index contributed by atoms with van der Waals surface area (Å²) in [6.07, 6.45) is 6.07. The van der Waals surface area contributed by atoms with Gasteiger partial charge in [0.2, 0.25) is 5.91 Å². The summed E-state index contributed by atoms with van der Waals surface area (Å²) in [5.41, 5.74) is 5.45. The molecule has 0 bridgehead atoms. The van der Waals surface area contributed by atoms with E-state index in [1.165, 1.54) is 0 Å². The summed E-state index contributed by atoms with van der Waals surface area (Å²) in [7, 11) is 4.09. The van der Waals surface area contributed by atoms with E-state index in [-0.39, 0.29) is 0 Å². The molecule has 0 heterocycles. The number of nitrogens with zero attached hydrogens (tertiary/aromatic N) is 2. The summed E-state index contributed by atoms with van der Waals surface area (Å²) in [4.78, 5) is 16.2. The Labute approximate surface area is 113 Å². The first-order valence-electron chi connectivity index (χ1n) is 7.24. The maximum Gasteiger partial charge on any atom is 0.222 e. The summed E-state index contributed by atoms with van der Waals surface area (Å²) >= 11 is 0. The van der Waals surface area contributed by atoms with Crippen molar-refractivity contribution >= 4 is 5.91 Å². The molecule has 0 radical (unpaired) electrons. The highest BCUT2D eigenvalue weighted by Crippen LogP contribution is 2.06. The van der Waals surface area contributed by atoms with Crippen molar-refractivity contribution in [2.24, 2.45) is 5.73 Å². The zero-order chi connectivity index (χ0) is 13.8. The molecule has 0 aliphatic heterocycles. The number of nitrogens with two attached hydrogens (primary N) is 1. The van der Waals surface area contributed by atoms with Gasteiger partial charge in [-0.3, -0.25) is 4.79 Å². The third-order valence-corrected chi connectivity index (χ3v) is 3.01. The molecule has 0 aromatic rings. The van der Waals surface area contributed by atoms with Crippen LogP contribution in [0.4, 0.5) is 0 Å². The third-order valence-electron chi connectivity index (χ3n) is 3.01. The van der Waals surface area contributed by atoms with Crippen LogP contribution in [-0.2, 0) is 4.79 Å². The fourth-order valence-corrected chi connectivity index (χ4v) is 1.88. The molecule has 0 saturated heterocycles. The summed E-state index contributed by atoms with van der Waals surface area (Å²) in [6.45, 7) is 5.56. The largest absolute Gasteiger partial charge is 0.341 e. The fourth-order valence-electron chi connectivity index (χ4n) is 1.88. The minimum Gasteiger partial charge on any atom is -0.341 e. The fraction of sp³-hybridized carbons (Fsp3) is 0.929. The van der Waals surface area contributed by atoms with E-state index in [1.54, 1.807) is 0 Å². The van der Waals surface area contributed by atoms with E-state index in [0.29, 0.717) is 12.3 Å². The maximum absolute atomic E-state index is 12.1. The Bertz CT molecular complexity index is 207. The van der Waals surface area contributed by atoms with Gasteiger partial charge in [-0.15, -0.1) is 0 Å². The molecule has 1 amide bonds. The molecule has 18 heavy (non-hydrogen) atoms. The Morgan fingerprint density at radius 2 is 1.67 bits per heavy atom. The lowest BCUT2D eigenvalue weighted by atomic mass is 10.1. The van der Waals surface area contributed by atoms with E-state index in [0.717, 1.165) is 58.3 Å². The van der Waals surface area contributed by atoms with E-state index in [9.17, 15) is 4.79 Å². The molecular weight excluding hydrogens is 226 g/mol. The first-order valence-corrected chi connectivity index (χ1v) is 7.24. The minimum absolute atomic E-state index is 0.312. The molecule has 0 aliphatic carbocycles. The number of rotatable bonds is 11. The molecule has 0 aliphatic rings. The molecule has 2 N–H and O–H groups in total. The Morgan fingerprint density at radius 1 is 1.00 bits per heavy atom. The molecule has 0 aromatic carbocycles. The molecule has 0 spiro atoms. The molecule has 0 atom stereocenters. The van der Waals surface area contributed by atoms with Gasteiger partial charge in [-0.05, 0) is 39.9 Å². The van der Waals surface area contributed by atoms with Crippen molar-refractivity contribution < 1.29 is 4.79 Å². The van der Waals surface area contributed by atoms with Gasteiger partial charge in [0.05, 0.1) is 0 Å². The predicted octanol–water partition coefficient (Wildman–Crippen LogP) is 1.70. The lowest BCUT2D eigenvalue weighted by Gasteiger charge is -2.24. The number of amides is 1. The third kappa shape index (κ3) is 9.42. The van der Waals surface area contributed by atoms with Gasteiger partial charge in [0.15, 0.2) is 0 Å². The standard InChI is InChI=1S/C14H31N3O/c1-4-11-17(13-12-16(2)3)14(18)9-7-5-6-8-10-15/h4-13,15H2,1-3H3. The van der Waals surface area contributed by atoms with Crippen LogP contribution in [0.1, 0.15) is 45.4 Å². The topological polar surface area (TPSA) is 49.6 Å². The monoisotopic (exact) mass is 257 g/mol. The van der Waals surface area contributed by atoms with Crippen LogP contribution in [0.3, 0.4) is 0 Å². The van der Waals surface area contributed by atoms with Crippen molar-refractivity contribution in [1.29, 1.82) is 0 Å².